The topological polar surface area (TPSA) is 105 Å². The fourth-order valence-electron chi connectivity index (χ4n) is 4.45. The minimum Gasteiger partial charge on any atom is -0.367 e. The van der Waals surface area contributed by atoms with E-state index >= 15 is 4.39 Å². The largest absolute Gasteiger partial charge is 0.417 e. The smallest absolute Gasteiger partial charge is 0.367 e. The minimum atomic E-state index is -4.95. The van der Waals surface area contributed by atoms with Gasteiger partial charge in [0.2, 0.25) is 5.56 Å². The molecule has 2 N–H and O–H groups in total. The Balaban J connectivity index is 1.82. The van der Waals surface area contributed by atoms with Crippen molar-refractivity contribution in [2.75, 3.05) is 30.4 Å². The Hall–Kier alpha value is -4.24. The number of H-pyrrole nitrogens is 1. The maximum atomic E-state index is 15.4. The lowest BCUT2D eigenvalue weighted by molar-refractivity contribution is -0.138. The number of aromatic amines is 1. The molecule has 1 aliphatic rings. The van der Waals surface area contributed by atoms with Gasteiger partial charge in [0, 0.05) is 54.8 Å². The van der Waals surface area contributed by atoms with E-state index < -0.39 is 34.6 Å². The molecular formula is C26H24F4N6O2. The van der Waals surface area contributed by atoms with Crippen molar-refractivity contribution in [3.63, 3.8) is 0 Å². The van der Waals surface area contributed by atoms with Gasteiger partial charge in [-0.2, -0.15) is 18.4 Å². The molecule has 0 radical (unpaired) electrons. The highest BCUT2D eigenvalue weighted by molar-refractivity contribution is 6.07. The number of carbonyl (C=O) groups excluding carboxylic acids is 1. The van der Waals surface area contributed by atoms with Crippen molar-refractivity contribution in [2.24, 2.45) is 0 Å². The number of carbonyl (C=O) groups is 1. The molecule has 3 aromatic rings. The summed E-state index contributed by atoms with van der Waals surface area (Å²) in [4.78, 5) is 34.7. The molecule has 38 heavy (non-hydrogen) atoms. The lowest BCUT2D eigenvalue weighted by Crippen LogP contribution is -2.55. The molecule has 8 nitrogen and oxygen atoms in total. The van der Waals surface area contributed by atoms with Gasteiger partial charge in [-0.25, -0.2) is 9.37 Å². The molecular weight excluding hydrogens is 504 g/mol. The molecule has 1 aromatic carbocycles. The average Bonchev–Trinajstić information content (AvgIpc) is 2.87. The zero-order valence-corrected chi connectivity index (χ0v) is 20.7. The van der Waals surface area contributed by atoms with Crippen LogP contribution in [0.2, 0.25) is 0 Å². The number of nitrogens with zero attached hydrogens (tertiary/aromatic N) is 4. The van der Waals surface area contributed by atoms with E-state index in [2.05, 4.69) is 20.2 Å². The predicted molar refractivity (Wildman–Crippen MR) is 133 cm³/mol. The molecule has 1 saturated heterocycles. The molecule has 2 atom stereocenters. The van der Waals surface area contributed by atoms with Crippen LogP contribution >= 0.6 is 0 Å². The number of anilines is 2. The lowest BCUT2D eigenvalue weighted by atomic mass is 10.0. The van der Waals surface area contributed by atoms with Gasteiger partial charge in [0.1, 0.15) is 17.6 Å². The van der Waals surface area contributed by atoms with Gasteiger partial charge >= 0.3 is 6.18 Å². The number of benzene rings is 1. The summed E-state index contributed by atoms with van der Waals surface area (Å²) in [6.07, 6.45) is -2.95. The molecule has 12 heteroatoms. The zero-order valence-electron chi connectivity index (χ0n) is 20.7. The summed E-state index contributed by atoms with van der Waals surface area (Å²) >= 11 is 0. The van der Waals surface area contributed by atoms with Gasteiger partial charge in [0.15, 0.2) is 0 Å². The number of rotatable bonds is 4. The minimum absolute atomic E-state index is 0.0359. The molecule has 3 heterocycles. The van der Waals surface area contributed by atoms with Crippen molar-refractivity contribution >= 4 is 17.3 Å². The summed E-state index contributed by atoms with van der Waals surface area (Å²) in [6, 6.07) is 7.78. The Morgan fingerprint density at radius 3 is 2.45 bits per heavy atom. The number of piperazine rings is 1. The molecule has 4 rings (SSSR count). The Morgan fingerprint density at radius 1 is 1.18 bits per heavy atom. The van der Waals surface area contributed by atoms with Gasteiger partial charge in [-0.05, 0) is 45.2 Å². The van der Waals surface area contributed by atoms with Gasteiger partial charge in [0.25, 0.3) is 5.91 Å². The van der Waals surface area contributed by atoms with Crippen LogP contribution < -0.4 is 15.8 Å². The van der Waals surface area contributed by atoms with Crippen LogP contribution in [-0.2, 0) is 6.18 Å². The van der Waals surface area contributed by atoms with Crippen LogP contribution in [0.5, 0.6) is 0 Å². The molecule has 1 amide bonds. The molecule has 198 valence electrons. The fourth-order valence-corrected chi connectivity index (χ4v) is 4.45. The normalized spacial score (nSPS) is 18.2. The third-order valence-corrected chi connectivity index (χ3v) is 6.70. The average molecular weight is 529 g/mol. The molecule has 1 aliphatic heterocycles. The number of pyridine rings is 2. The third kappa shape index (κ3) is 5.38. The van der Waals surface area contributed by atoms with E-state index in [1.165, 1.54) is 30.5 Å². The van der Waals surface area contributed by atoms with Crippen LogP contribution in [0.25, 0.3) is 11.1 Å². The Kier molecular flexibility index (Phi) is 7.24. The molecule has 0 saturated carbocycles. The first-order valence-electron chi connectivity index (χ1n) is 11.7. The molecule has 1 fully saturated rings. The van der Waals surface area contributed by atoms with Gasteiger partial charge in [-0.15, -0.1) is 0 Å². The molecule has 0 spiro atoms. The molecule has 2 unspecified atom stereocenters. The second kappa shape index (κ2) is 10.3. The van der Waals surface area contributed by atoms with Crippen molar-refractivity contribution in [3.05, 3.63) is 75.7 Å². The fraction of sp³-hybridized carbons (Fsp3) is 0.308. The lowest BCUT2D eigenvalue weighted by Gasteiger charge is -2.44. The Labute approximate surface area is 215 Å². The number of nitriles is 1. The first-order valence-corrected chi connectivity index (χ1v) is 11.7. The van der Waals surface area contributed by atoms with Crippen LogP contribution in [0.15, 0.2) is 47.5 Å². The number of alkyl halides is 3. The maximum absolute atomic E-state index is 15.4. The van der Waals surface area contributed by atoms with Crippen LogP contribution in [0, 0.1) is 17.1 Å². The first-order chi connectivity index (χ1) is 17.9. The molecule has 0 aliphatic carbocycles. The number of hydrogen-bond acceptors (Lipinski definition) is 6. The van der Waals surface area contributed by atoms with E-state index in [1.807, 2.05) is 31.9 Å². The van der Waals surface area contributed by atoms with Crippen LogP contribution in [0.1, 0.15) is 35.5 Å². The number of hydrogen-bond donors (Lipinski definition) is 2. The summed E-state index contributed by atoms with van der Waals surface area (Å²) in [6.45, 7) is 4.94. The highest BCUT2D eigenvalue weighted by Gasteiger charge is 2.36. The van der Waals surface area contributed by atoms with Gasteiger partial charge in [-0.3, -0.25) is 14.5 Å². The number of amides is 1. The third-order valence-electron chi connectivity index (χ3n) is 6.70. The Bertz CT molecular complexity index is 1450. The summed E-state index contributed by atoms with van der Waals surface area (Å²) in [7, 11) is 1.96. The summed E-state index contributed by atoms with van der Waals surface area (Å²) in [5.41, 5.74) is -2.33. The van der Waals surface area contributed by atoms with Gasteiger partial charge < -0.3 is 15.2 Å². The monoisotopic (exact) mass is 528 g/mol. The predicted octanol–water partition coefficient (Wildman–Crippen LogP) is 4.25. The Morgan fingerprint density at radius 2 is 1.87 bits per heavy atom. The van der Waals surface area contributed by atoms with E-state index in [0.29, 0.717) is 36.6 Å². The van der Waals surface area contributed by atoms with Crippen molar-refractivity contribution in [1.82, 2.24) is 14.9 Å². The summed E-state index contributed by atoms with van der Waals surface area (Å²) in [5, 5.41) is 11.5. The number of aromatic nitrogens is 2. The van der Waals surface area contributed by atoms with Crippen molar-refractivity contribution in [2.45, 2.75) is 32.1 Å². The van der Waals surface area contributed by atoms with Crippen LogP contribution in [0.3, 0.4) is 0 Å². The number of nitrogens with one attached hydrogen (secondary N) is 2. The van der Waals surface area contributed by atoms with E-state index in [-0.39, 0.29) is 29.0 Å². The highest BCUT2D eigenvalue weighted by atomic mass is 19.4. The summed E-state index contributed by atoms with van der Waals surface area (Å²) < 4.78 is 56.2. The zero-order chi connectivity index (χ0) is 27.8. The van der Waals surface area contributed by atoms with Gasteiger partial charge in [-0.1, -0.05) is 0 Å². The molecule has 0 bridgehead atoms. The SMILES string of the molecule is CC1CN(c2cc(F)c(-c3ccc(C#N)nc3)cc2NC(=O)c2c[nH]c(=O)cc2C(F)(F)F)CC(C)N1C. The van der Waals surface area contributed by atoms with E-state index in [0.717, 1.165) is 0 Å². The second-order valence-electron chi connectivity index (χ2n) is 9.24. The van der Waals surface area contributed by atoms with E-state index in [9.17, 15) is 22.8 Å². The standard InChI is InChI=1S/C26H24F4N6O2/c1-14-12-36(13-15(2)35(14)3)23-8-21(27)18(16-4-5-17(9-31)32-10-16)6-22(23)34-25(38)19-11-33-24(37)7-20(19)26(28,29)30/h4-8,10-11,14-15H,12-13H2,1-3H3,(H,33,37)(H,34,38). The molecule has 2 aromatic heterocycles. The highest BCUT2D eigenvalue weighted by Crippen LogP contribution is 2.37. The van der Waals surface area contributed by atoms with Crippen molar-refractivity contribution in [3.8, 4) is 17.2 Å². The van der Waals surface area contributed by atoms with Crippen LogP contribution in [0.4, 0.5) is 28.9 Å². The second-order valence-corrected chi connectivity index (χ2v) is 9.24. The summed E-state index contributed by atoms with van der Waals surface area (Å²) in [5.74, 6) is -1.76. The van der Waals surface area contributed by atoms with Crippen molar-refractivity contribution in [1.29, 1.82) is 5.26 Å². The number of halogens is 4. The maximum Gasteiger partial charge on any atom is 0.417 e. The van der Waals surface area contributed by atoms with E-state index in [4.69, 9.17) is 5.26 Å². The quantitative estimate of drug-likeness (QED) is 0.491. The van der Waals surface area contributed by atoms with Gasteiger partial charge in [0.05, 0.1) is 22.5 Å². The number of likely N-dealkylation sites (N-methyl/N-ethyl adjacent to an activating group) is 1. The van der Waals surface area contributed by atoms with E-state index in [1.54, 1.807) is 0 Å². The van der Waals surface area contributed by atoms with Crippen LogP contribution in [-0.4, -0.2) is 53.0 Å². The first kappa shape index (κ1) is 26.8. The van der Waals surface area contributed by atoms with Crippen molar-refractivity contribution < 1.29 is 22.4 Å².